The van der Waals surface area contributed by atoms with Crippen LogP contribution in [0.15, 0.2) is 0 Å². The average Bonchev–Trinajstić information content (AvgIpc) is 2.86. The molecule has 23 heavy (non-hydrogen) atoms. The number of carbonyl (C=O) groups is 1. The van der Waals surface area contributed by atoms with E-state index in [1.165, 1.54) is 6.42 Å². The van der Waals surface area contributed by atoms with Gasteiger partial charge in [-0.3, -0.25) is 9.69 Å². The Morgan fingerprint density at radius 2 is 2.04 bits per heavy atom. The third kappa shape index (κ3) is 4.29. The molecule has 1 unspecified atom stereocenters. The lowest BCUT2D eigenvalue weighted by atomic mass is 9.98. The van der Waals surface area contributed by atoms with E-state index in [2.05, 4.69) is 15.0 Å². The van der Waals surface area contributed by atoms with Crippen LogP contribution < -0.4 is 0 Å². The van der Waals surface area contributed by atoms with Crippen LogP contribution in [0.1, 0.15) is 24.5 Å². The Balaban J connectivity index is 1.51. The lowest BCUT2D eigenvalue weighted by molar-refractivity contribution is -0.136. The lowest BCUT2D eigenvalue weighted by Gasteiger charge is -2.34. The Labute approximate surface area is 137 Å². The third-order valence-corrected chi connectivity index (χ3v) is 4.72. The second kappa shape index (κ2) is 7.40. The molecule has 1 atom stereocenters. The molecule has 7 nitrogen and oxygen atoms in total. The molecule has 2 aliphatic heterocycles. The largest absolute Gasteiger partial charge is 0.378 e. The Morgan fingerprint density at radius 1 is 1.26 bits per heavy atom. The van der Waals surface area contributed by atoms with E-state index >= 15 is 0 Å². The maximum absolute atomic E-state index is 12.4. The molecule has 1 amide bonds. The molecule has 2 fully saturated rings. The van der Waals surface area contributed by atoms with Crippen molar-refractivity contribution < 1.29 is 9.53 Å². The summed E-state index contributed by atoms with van der Waals surface area (Å²) in [5.74, 6) is 2.59. The van der Waals surface area contributed by atoms with Gasteiger partial charge in [0, 0.05) is 26.2 Å². The Bertz CT molecular complexity index is 539. The van der Waals surface area contributed by atoms with Gasteiger partial charge in [0.05, 0.1) is 19.8 Å². The van der Waals surface area contributed by atoms with Gasteiger partial charge >= 0.3 is 0 Å². The molecule has 0 radical (unpaired) electrons. The fourth-order valence-corrected chi connectivity index (χ4v) is 3.53. The molecular weight excluding hydrogens is 294 g/mol. The SMILES string of the molecule is Cc1nc(C)n(CC2CCCN(CC(=O)N3CCOCC3)C2)n1. The monoisotopic (exact) mass is 321 g/mol. The van der Waals surface area contributed by atoms with Gasteiger partial charge in [0.25, 0.3) is 0 Å². The number of aryl methyl sites for hydroxylation is 2. The number of morpholine rings is 1. The maximum Gasteiger partial charge on any atom is 0.236 e. The van der Waals surface area contributed by atoms with Gasteiger partial charge in [-0.25, -0.2) is 9.67 Å². The second-order valence-electron chi connectivity index (χ2n) is 6.62. The summed E-state index contributed by atoms with van der Waals surface area (Å²) in [7, 11) is 0. The van der Waals surface area contributed by atoms with E-state index < -0.39 is 0 Å². The van der Waals surface area contributed by atoms with Crippen molar-refractivity contribution in [1.29, 1.82) is 0 Å². The number of piperidine rings is 1. The summed E-state index contributed by atoms with van der Waals surface area (Å²) < 4.78 is 7.32. The van der Waals surface area contributed by atoms with Crippen LogP contribution in [-0.2, 0) is 16.1 Å². The molecule has 0 spiro atoms. The van der Waals surface area contributed by atoms with Crippen LogP contribution in [0.4, 0.5) is 0 Å². The highest BCUT2D eigenvalue weighted by molar-refractivity contribution is 5.78. The van der Waals surface area contributed by atoms with Crippen molar-refractivity contribution >= 4 is 5.91 Å². The summed E-state index contributed by atoms with van der Waals surface area (Å²) in [5.41, 5.74) is 0. The van der Waals surface area contributed by atoms with Crippen LogP contribution in [0.5, 0.6) is 0 Å². The molecule has 0 bridgehead atoms. The molecule has 128 valence electrons. The number of hydrogen-bond acceptors (Lipinski definition) is 5. The van der Waals surface area contributed by atoms with Crippen LogP contribution in [-0.4, -0.2) is 76.4 Å². The molecule has 7 heteroatoms. The summed E-state index contributed by atoms with van der Waals surface area (Å²) in [6.07, 6.45) is 2.34. The maximum atomic E-state index is 12.4. The number of amides is 1. The van der Waals surface area contributed by atoms with Gasteiger partial charge in [0.2, 0.25) is 5.91 Å². The van der Waals surface area contributed by atoms with E-state index in [4.69, 9.17) is 4.74 Å². The first-order valence-corrected chi connectivity index (χ1v) is 8.58. The minimum Gasteiger partial charge on any atom is -0.378 e. The van der Waals surface area contributed by atoms with Crippen LogP contribution in [0.25, 0.3) is 0 Å². The van der Waals surface area contributed by atoms with Crippen molar-refractivity contribution in [3.63, 3.8) is 0 Å². The fraction of sp³-hybridized carbons (Fsp3) is 0.812. The predicted octanol–water partition coefficient (Wildman–Crippen LogP) is 0.466. The third-order valence-electron chi connectivity index (χ3n) is 4.72. The molecule has 3 rings (SSSR count). The van der Waals surface area contributed by atoms with Gasteiger partial charge in [0.15, 0.2) is 0 Å². The second-order valence-corrected chi connectivity index (χ2v) is 6.62. The van der Waals surface area contributed by atoms with Crippen molar-refractivity contribution in [3.8, 4) is 0 Å². The van der Waals surface area contributed by atoms with Crippen molar-refractivity contribution in [1.82, 2.24) is 24.6 Å². The summed E-state index contributed by atoms with van der Waals surface area (Å²) in [6, 6.07) is 0. The van der Waals surface area contributed by atoms with Gasteiger partial charge in [0.1, 0.15) is 11.6 Å². The number of ether oxygens (including phenoxy) is 1. The van der Waals surface area contributed by atoms with E-state index in [1.54, 1.807) is 0 Å². The molecule has 0 aromatic carbocycles. The average molecular weight is 321 g/mol. The standard InChI is InChI=1S/C16H27N5O2/c1-13-17-14(2)21(18-13)11-15-4-3-5-19(10-15)12-16(22)20-6-8-23-9-7-20/h15H,3-12H2,1-2H3. The molecule has 3 heterocycles. The van der Waals surface area contributed by atoms with E-state index in [-0.39, 0.29) is 5.91 Å². The van der Waals surface area contributed by atoms with Crippen LogP contribution in [0.3, 0.4) is 0 Å². The first-order chi connectivity index (χ1) is 11.1. The van der Waals surface area contributed by atoms with Crippen LogP contribution in [0, 0.1) is 19.8 Å². The minimum absolute atomic E-state index is 0.238. The smallest absolute Gasteiger partial charge is 0.236 e. The van der Waals surface area contributed by atoms with E-state index in [9.17, 15) is 4.79 Å². The highest BCUT2D eigenvalue weighted by Gasteiger charge is 2.25. The molecule has 0 saturated carbocycles. The van der Waals surface area contributed by atoms with Gasteiger partial charge < -0.3 is 9.64 Å². The van der Waals surface area contributed by atoms with Crippen LogP contribution in [0.2, 0.25) is 0 Å². The van der Waals surface area contributed by atoms with Gasteiger partial charge in [-0.05, 0) is 39.2 Å². The highest BCUT2D eigenvalue weighted by Crippen LogP contribution is 2.19. The summed E-state index contributed by atoms with van der Waals surface area (Å²) in [4.78, 5) is 21.0. The lowest BCUT2D eigenvalue weighted by Crippen LogP contribution is -2.48. The number of carbonyl (C=O) groups excluding carboxylic acids is 1. The van der Waals surface area contributed by atoms with Gasteiger partial charge in [-0.15, -0.1) is 0 Å². The normalized spacial score (nSPS) is 23.2. The molecule has 1 aromatic heterocycles. The Hall–Kier alpha value is -1.47. The molecular formula is C16H27N5O2. The Kier molecular flexibility index (Phi) is 5.27. The minimum atomic E-state index is 0.238. The van der Waals surface area contributed by atoms with Crippen molar-refractivity contribution in [2.75, 3.05) is 45.9 Å². The fourth-order valence-electron chi connectivity index (χ4n) is 3.53. The zero-order valence-electron chi connectivity index (χ0n) is 14.2. The zero-order valence-corrected chi connectivity index (χ0v) is 14.2. The summed E-state index contributed by atoms with van der Waals surface area (Å²) in [5, 5.41) is 4.46. The molecule has 2 saturated heterocycles. The topological polar surface area (TPSA) is 63.5 Å². The molecule has 0 aliphatic carbocycles. The van der Waals surface area contributed by atoms with Gasteiger partial charge in [-0.2, -0.15) is 5.10 Å². The predicted molar refractivity (Wildman–Crippen MR) is 86.1 cm³/mol. The van der Waals surface area contributed by atoms with E-state index in [0.717, 1.165) is 50.8 Å². The van der Waals surface area contributed by atoms with Crippen LogP contribution >= 0.6 is 0 Å². The molecule has 2 aliphatic rings. The number of likely N-dealkylation sites (tertiary alicyclic amines) is 1. The number of aromatic nitrogens is 3. The first-order valence-electron chi connectivity index (χ1n) is 8.58. The number of rotatable bonds is 4. The van der Waals surface area contributed by atoms with Crippen molar-refractivity contribution in [2.24, 2.45) is 5.92 Å². The number of nitrogens with zero attached hydrogens (tertiary/aromatic N) is 5. The van der Waals surface area contributed by atoms with E-state index in [1.807, 2.05) is 23.4 Å². The number of hydrogen-bond donors (Lipinski definition) is 0. The van der Waals surface area contributed by atoms with E-state index in [0.29, 0.717) is 25.7 Å². The van der Waals surface area contributed by atoms with Gasteiger partial charge in [-0.1, -0.05) is 0 Å². The zero-order chi connectivity index (χ0) is 16.2. The van der Waals surface area contributed by atoms with Crippen molar-refractivity contribution in [3.05, 3.63) is 11.6 Å². The molecule has 0 N–H and O–H groups in total. The van der Waals surface area contributed by atoms with Crippen molar-refractivity contribution in [2.45, 2.75) is 33.2 Å². The molecule has 1 aromatic rings. The Morgan fingerprint density at radius 3 is 2.74 bits per heavy atom. The quantitative estimate of drug-likeness (QED) is 0.806. The highest BCUT2D eigenvalue weighted by atomic mass is 16.5. The first kappa shape index (κ1) is 16.4. The summed E-state index contributed by atoms with van der Waals surface area (Å²) in [6.45, 7) is 10.1. The summed E-state index contributed by atoms with van der Waals surface area (Å²) >= 11 is 0.